The van der Waals surface area contributed by atoms with E-state index < -0.39 is 5.91 Å². The van der Waals surface area contributed by atoms with Gasteiger partial charge in [0.05, 0.1) is 36.3 Å². The number of amides is 1. The lowest BCUT2D eigenvalue weighted by Gasteiger charge is -2.21. The molecule has 1 atom stereocenters. The van der Waals surface area contributed by atoms with E-state index in [1.54, 1.807) is 29.1 Å². The predicted molar refractivity (Wildman–Crippen MR) is 104 cm³/mol. The largest absolute Gasteiger partial charge is 0.475 e. The zero-order valence-corrected chi connectivity index (χ0v) is 15.6. The highest BCUT2D eigenvalue weighted by Gasteiger charge is 2.18. The number of hydrogen-bond acceptors (Lipinski definition) is 7. The quantitative estimate of drug-likeness (QED) is 0.693. The van der Waals surface area contributed by atoms with E-state index in [0.717, 1.165) is 25.0 Å². The van der Waals surface area contributed by atoms with Crippen LogP contribution in [0.5, 0.6) is 5.88 Å². The Morgan fingerprint density at radius 1 is 1.46 bits per heavy atom. The molecule has 9 nitrogen and oxygen atoms in total. The van der Waals surface area contributed by atoms with Crippen molar-refractivity contribution >= 4 is 28.3 Å². The Balaban J connectivity index is 1.50. The molecule has 3 N–H and O–H groups in total. The molecule has 0 aromatic carbocycles. The number of ether oxygens (including phenoxy) is 2. The highest BCUT2D eigenvalue weighted by Crippen LogP contribution is 2.26. The van der Waals surface area contributed by atoms with Gasteiger partial charge in [0, 0.05) is 25.8 Å². The molecule has 3 aromatic rings. The maximum Gasteiger partial charge on any atom is 0.276 e. The van der Waals surface area contributed by atoms with Crippen molar-refractivity contribution in [2.45, 2.75) is 12.8 Å². The third-order valence-corrected chi connectivity index (χ3v) is 4.68. The second kappa shape index (κ2) is 7.81. The third-order valence-electron chi connectivity index (χ3n) is 4.68. The first-order valence-electron chi connectivity index (χ1n) is 9.17. The Hall–Kier alpha value is -3.20. The summed E-state index contributed by atoms with van der Waals surface area (Å²) >= 11 is 0. The minimum Gasteiger partial charge on any atom is -0.475 e. The zero-order valence-electron chi connectivity index (χ0n) is 15.6. The first kappa shape index (κ1) is 18.2. The summed E-state index contributed by atoms with van der Waals surface area (Å²) in [6, 6.07) is 5.10. The lowest BCUT2D eigenvalue weighted by Crippen LogP contribution is -2.23. The number of hydrogen-bond donors (Lipinski definition) is 2. The van der Waals surface area contributed by atoms with Crippen LogP contribution < -0.4 is 15.8 Å². The van der Waals surface area contributed by atoms with Gasteiger partial charge in [0.2, 0.25) is 0 Å². The van der Waals surface area contributed by atoms with Gasteiger partial charge < -0.3 is 20.5 Å². The first-order chi connectivity index (χ1) is 13.6. The summed E-state index contributed by atoms with van der Waals surface area (Å²) in [5.74, 6) is 0.457. The molecular weight excluding hydrogens is 360 g/mol. The van der Waals surface area contributed by atoms with Crippen LogP contribution in [0.25, 0.3) is 11.0 Å². The maximum atomic E-state index is 12.4. The molecule has 0 aliphatic carbocycles. The number of nitrogens with two attached hydrogens (primary N) is 1. The summed E-state index contributed by atoms with van der Waals surface area (Å²) in [6.07, 6.45) is 5.23. The fourth-order valence-electron chi connectivity index (χ4n) is 3.20. The number of carbonyl (C=O) groups excluding carboxylic acids is 1. The van der Waals surface area contributed by atoms with E-state index in [-0.39, 0.29) is 5.69 Å². The number of aromatic nitrogens is 4. The normalized spacial score (nSPS) is 16.8. The molecule has 4 heterocycles. The molecule has 0 radical (unpaired) electrons. The molecule has 1 unspecified atom stereocenters. The fraction of sp³-hybridized carbons (Fsp3) is 0.368. The molecule has 1 aliphatic rings. The molecule has 9 heteroatoms. The molecule has 0 bridgehead atoms. The fourth-order valence-corrected chi connectivity index (χ4v) is 3.20. The molecule has 1 saturated heterocycles. The number of nitrogen functional groups attached to an aromatic ring is 1. The second-order valence-corrected chi connectivity index (χ2v) is 6.81. The number of pyridine rings is 2. The standard InChI is InChI=1S/C19H22N6O3/c1-25-15-8-13(23-18(26)16-14(20)5-2-6-21-16)9-22-17(15)19(24-25)28-11-12-4-3-7-27-10-12/h2,5-6,8-9,12H,3-4,7,10-11,20H2,1H3,(H,23,26). The Morgan fingerprint density at radius 2 is 2.36 bits per heavy atom. The summed E-state index contributed by atoms with van der Waals surface area (Å²) in [4.78, 5) is 20.8. The summed E-state index contributed by atoms with van der Waals surface area (Å²) in [5, 5.41) is 7.18. The molecule has 1 amide bonds. The van der Waals surface area contributed by atoms with Crippen LogP contribution >= 0.6 is 0 Å². The van der Waals surface area contributed by atoms with Crippen molar-refractivity contribution < 1.29 is 14.3 Å². The van der Waals surface area contributed by atoms with E-state index in [9.17, 15) is 4.79 Å². The van der Waals surface area contributed by atoms with Gasteiger partial charge in [-0.25, -0.2) is 9.97 Å². The van der Waals surface area contributed by atoms with E-state index in [1.165, 1.54) is 6.20 Å². The minimum atomic E-state index is -0.393. The Labute approximate surface area is 161 Å². The molecule has 1 aliphatic heterocycles. The number of aryl methyl sites for hydroxylation is 1. The molecule has 4 rings (SSSR count). The van der Waals surface area contributed by atoms with Gasteiger partial charge in [-0.3, -0.25) is 9.48 Å². The van der Waals surface area contributed by atoms with Gasteiger partial charge in [-0.1, -0.05) is 0 Å². The van der Waals surface area contributed by atoms with Crippen LogP contribution in [0.15, 0.2) is 30.6 Å². The van der Waals surface area contributed by atoms with Crippen LogP contribution in [0.1, 0.15) is 23.3 Å². The van der Waals surface area contributed by atoms with Crippen LogP contribution in [-0.2, 0) is 11.8 Å². The molecule has 146 valence electrons. The lowest BCUT2D eigenvalue weighted by molar-refractivity contribution is 0.0345. The SMILES string of the molecule is Cn1nc(OCC2CCCOC2)c2ncc(NC(=O)c3ncccc3N)cc21. The average molecular weight is 382 g/mol. The van der Waals surface area contributed by atoms with Gasteiger partial charge in [0.15, 0.2) is 11.2 Å². The summed E-state index contributed by atoms with van der Waals surface area (Å²) < 4.78 is 13.1. The van der Waals surface area contributed by atoms with Crippen molar-refractivity contribution in [1.82, 2.24) is 19.7 Å². The van der Waals surface area contributed by atoms with Crippen molar-refractivity contribution in [3.05, 3.63) is 36.3 Å². The second-order valence-electron chi connectivity index (χ2n) is 6.81. The first-order valence-corrected chi connectivity index (χ1v) is 9.17. The van der Waals surface area contributed by atoms with Crippen molar-refractivity contribution in [2.75, 3.05) is 30.9 Å². The number of fused-ring (bicyclic) bond motifs is 1. The third kappa shape index (κ3) is 3.74. The Morgan fingerprint density at radius 3 is 3.14 bits per heavy atom. The van der Waals surface area contributed by atoms with Crippen LogP contribution in [0.3, 0.4) is 0 Å². The van der Waals surface area contributed by atoms with Gasteiger partial charge >= 0.3 is 0 Å². The monoisotopic (exact) mass is 382 g/mol. The van der Waals surface area contributed by atoms with Crippen molar-refractivity contribution in [3.63, 3.8) is 0 Å². The van der Waals surface area contributed by atoms with E-state index in [2.05, 4.69) is 20.4 Å². The van der Waals surface area contributed by atoms with Gasteiger partial charge in [-0.05, 0) is 31.0 Å². The van der Waals surface area contributed by atoms with Crippen LogP contribution in [0, 0.1) is 5.92 Å². The maximum absolute atomic E-state index is 12.4. The summed E-state index contributed by atoms with van der Waals surface area (Å²) in [7, 11) is 1.81. The number of nitrogens with zero attached hydrogens (tertiary/aromatic N) is 4. The topological polar surface area (TPSA) is 117 Å². The molecule has 0 saturated carbocycles. The lowest BCUT2D eigenvalue weighted by atomic mass is 10.0. The highest BCUT2D eigenvalue weighted by atomic mass is 16.5. The van der Waals surface area contributed by atoms with Gasteiger partial charge in [0.1, 0.15) is 0 Å². The molecular formula is C19H22N6O3. The van der Waals surface area contributed by atoms with Crippen molar-refractivity contribution in [2.24, 2.45) is 13.0 Å². The van der Waals surface area contributed by atoms with Gasteiger partial charge in [-0.15, -0.1) is 5.10 Å². The predicted octanol–water partition coefficient (Wildman–Crippen LogP) is 2.00. The Kier molecular flexibility index (Phi) is 5.07. The van der Waals surface area contributed by atoms with Gasteiger partial charge in [0.25, 0.3) is 11.8 Å². The van der Waals surface area contributed by atoms with Crippen LogP contribution in [0.4, 0.5) is 11.4 Å². The van der Waals surface area contributed by atoms with E-state index >= 15 is 0 Å². The number of rotatable bonds is 5. The number of anilines is 2. The van der Waals surface area contributed by atoms with Crippen molar-refractivity contribution in [1.29, 1.82) is 0 Å². The average Bonchev–Trinajstić information content (AvgIpc) is 3.03. The van der Waals surface area contributed by atoms with Crippen LogP contribution in [-0.4, -0.2) is 45.5 Å². The van der Waals surface area contributed by atoms with Crippen LogP contribution in [0.2, 0.25) is 0 Å². The summed E-state index contributed by atoms with van der Waals surface area (Å²) in [5.41, 5.74) is 8.22. The number of carbonyl (C=O) groups is 1. The zero-order chi connectivity index (χ0) is 19.5. The van der Waals surface area contributed by atoms with Gasteiger partial charge in [-0.2, -0.15) is 0 Å². The number of nitrogens with one attached hydrogen (secondary N) is 1. The van der Waals surface area contributed by atoms with E-state index in [4.69, 9.17) is 15.2 Å². The molecule has 0 spiro atoms. The van der Waals surface area contributed by atoms with E-state index in [0.29, 0.717) is 41.9 Å². The molecule has 28 heavy (non-hydrogen) atoms. The van der Waals surface area contributed by atoms with Crippen molar-refractivity contribution in [3.8, 4) is 5.88 Å². The smallest absolute Gasteiger partial charge is 0.276 e. The molecule has 3 aromatic heterocycles. The molecule has 1 fully saturated rings. The van der Waals surface area contributed by atoms with E-state index in [1.807, 2.05) is 7.05 Å². The Bertz CT molecular complexity index is 996. The summed E-state index contributed by atoms with van der Waals surface area (Å²) in [6.45, 7) is 2.08. The minimum absolute atomic E-state index is 0.173. The highest BCUT2D eigenvalue weighted by molar-refractivity contribution is 6.06.